The number of nitrogen functional groups attached to an aromatic ring is 1. The van der Waals surface area contributed by atoms with E-state index in [0.29, 0.717) is 10.6 Å². The summed E-state index contributed by atoms with van der Waals surface area (Å²) in [6.45, 7) is 2.85. The Morgan fingerprint density at radius 1 is 1.35 bits per heavy atom. The maximum atomic E-state index is 15.6. The van der Waals surface area contributed by atoms with E-state index in [1.54, 1.807) is 32.4 Å². The summed E-state index contributed by atoms with van der Waals surface area (Å²) >= 11 is 6.99. The maximum absolute atomic E-state index is 15.6. The van der Waals surface area contributed by atoms with Crippen molar-refractivity contribution in [3.05, 3.63) is 58.3 Å². The van der Waals surface area contributed by atoms with Crippen LogP contribution in [0.25, 0.3) is 11.1 Å². The predicted molar refractivity (Wildman–Crippen MR) is 132 cm³/mol. The molecule has 1 amide bonds. The zero-order chi connectivity index (χ0) is 24.2. The Labute approximate surface area is 203 Å². The smallest absolute Gasteiger partial charge is 0.258 e. The lowest BCUT2D eigenvalue weighted by Gasteiger charge is -2.25. The quantitative estimate of drug-likeness (QED) is 0.527. The van der Waals surface area contributed by atoms with E-state index < -0.39 is 11.7 Å². The first-order valence-corrected chi connectivity index (χ1v) is 11.9. The monoisotopic (exact) mass is 482 g/mol. The molecule has 1 aromatic carbocycles. The number of rotatable bonds is 4. The molecule has 34 heavy (non-hydrogen) atoms. The second kappa shape index (κ2) is 8.27. The number of amides is 1. The van der Waals surface area contributed by atoms with Crippen LogP contribution >= 0.6 is 11.6 Å². The minimum absolute atomic E-state index is 0.0904. The number of nitrogens with two attached hydrogens (primary N) is 1. The second-order valence-electron chi connectivity index (χ2n) is 9.51. The number of nitrogens with zero attached hydrogens (tertiary/aromatic N) is 4. The van der Waals surface area contributed by atoms with Gasteiger partial charge in [0.2, 0.25) is 0 Å². The summed E-state index contributed by atoms with van der Waals surface area (Å²) in [4.78, 5) is 18.5. The van der Waals surface area contributed by atoms with E-state index in [4.69, 9.17) is 17.3 Å². The van der Waals surface area contributed by atoms with Crippen molar-refractivity contribution in [3.63, 3.8) is 0 Å². The third-order valence-electron chi connectivity index (χ3n) is 7.24. The molecular formula is C25H28ClFN6O. The number of fused-ring (bicyclic) bond motifs is 2. The molecular weight excluding hydrogens is 455 g/mol. The summed E-state index contributed by atoms with van der Waals surface area (Å²) < 4.78 is 17.7. The number of nitrogens with one attached hydrogen (secondary N) is 1. The average Bonchev–Trinajstić information content (AvgIpc) is 3.54. The summed E-state index contributed by atoms with van der Waals surface area (Å²) in [7, 11) is 3.12. The Morgan fingerprint density at radius 2 is 2.15 bits per heavy atom. The first-order valence-electron chi connectivity index (χ1n) is 11.5. The zero-order valence-electron chi connectivity index (χ0n) is 19.5. The van der Waals surface area contributed by atoms with Gasteiger partial charge in [0, 0.05) is 60.8 Å². The van der Waals surface area contributed by atoms with Crippen molar-refractivity contribution in [2.45, 2.75) is 44.1 Å². The largest absolute Gasteiger partial charge is 0.398 e. The highest BCUT2D eigenvalue weighted by Crippen LogP contribution is 2.54. The Hall–Kier alpha value is -3.13. The zero-order valence-corrected chi connectivity index (χ0v) is 20.3. The molecule has 2 aromatic heterocycles. The van der Waals surface area contributed by atoms with Gasteiger partial charge in [0.25, 0.3) is 5.91 Å². The Balaban J connectivity index is 1.56. The minimum Gasteiger partial charge on any atom is -0.398 e. The Bertz CT molecular complexity index is 1290. The molecule has 5 rings (SSSR count). The van der Waals surface area contributed by atoms with Crippen molar-refractivity contribution < 1.29 is 9.18 Å². The molecule has 3 aromatic rings. The number of benzene rings is 1. The molecule has 2 aliphatic rings. The van der Waals surface area contributed by atoms with Crippen LogP contribution in [0.15, 0.2) is 30.7 Å². The minimum atomic E-state index is -0.685. The molecule has 0 saturated heterocycles. The lowest BCUT2D eigenvalue weighted by Crippen LogP contribution is -2.26. The number of hydrogen-bond acceptors (Lipinski definition) is 5. The molecule has 1 aliphatic carbocycles. The topological polar surface area (TPSA) is 89.1 Å². The van der Waals surface area contributed by atoms with E-state index in [2.05, 4.69) is 33.2 Å². The first-order chi connectivity index (χ1) is 16.3. The van der Waals surface area contributed by atoms with Gasteiger partial charge in [-0.15, -0.1) is 0 Å². The summed E-state index contributed by atoms with van der Waals surface area (Å²) in [5.74, 6) is -0.440. The van der Waals surface area contributed by atoms with Gasteiger partial charge in [-0.25, -0.2) is 9.37 Å². The van der Waals surface area contributed by atoms with Crippen molar-refractivity contribution in [2.24, 2.45) is 0 Å². The highest BCUT2D eigenvalue weighted by atomic mass is 35.5. The number of hydrogen-bond donors (Lipinski definition) is 2. The molecule has 2 atom stereocenters. The summed E-state index contributed by atoms with van der Waals surface area (Å²) in [5, 5.41) is 8.46. The predicted octanol–water partition coefficient (Wildman–Crippen LogP) is 4.67. The Kier molecular flexibility index (Phi) is 5.51. The number of carbonyl (C=O) groups excluding carboxylic acids is 1. The fourth-order valence-electron chi connectivity index (χ4n) is 5.35. The molecule has 3 N–H and O–H groups in total. The number of aryl methyl sites for hydroxylation is 1. The SMILES string of the molecule is CCc1cnn([C@@H]2CC[C@@]3(CNc4ncc(-c5ccc(N)c(C(=O)N(C)C)c5F)c(Cl)c43)C2)c1. The number of carbonyl (C=O) groups is 1. The third-order valence-corrected chi connectivity index (χ3v) is 7.64. The van der Waals surface area contributed by atoms with Gasteiger partial charge in [-0.05, 0) is 43.4 Å². The van der Waals surface area contributed by atoms with Gasteiger partial charge in [0.05, 0.1) is 22.8 Å². The van der Waals surface area contributed by atoms with Gasteiger partial charge in [-0.1, -0.05) is 18.5 Å². The van der Waals surface area contributed by atoms with Crippen LogP contribution in [0.1, 0.15) is 53.7 Å². The molecule has 1 fully saturated rings. The average molecular weight is 483 g/mol. The van der Waals surface area contributed by atoms with E-state index in [-0.39, 0.29) is 28.3 Å². The molecule has 1 spiro atoms. The van der Waals surface area contributed by atoms with Crippen molar-refractivity contribution in [1.29, 1.82) is 0 Å². The number of pyridine rings is 1. The lowest BCUT2D eigenvalue weighted by molar-refractivity contribution is 0.0824. The highest BCUT2D eigenvalue weighted by molar-refractivity contribution is 6.34. The molecule has 0 unspecified atom stereocenters. The van der Waals surface area contributed by atoms with Crippen LogP contribution in [-0.4, -0.2) is 46.2 Å². The second-order valence-corrected chi connectivity index (χ2v) is 9.89. The molecule has 3 heterocycles. The van der Waals surface area contributed by atoms with Crippen LogP contribution in [0.3, 0.4) is 0 Å². The van der Waals surface area contributed by atoms with Gasteiger partial charge in [0.1, 0.15) is 11.6 Å². The van der Waals surface area contributed by atoms with Gasteiger partial charge in [-0.2, -0.15) is 5.10 Å². The van der Waals surface area contributed by atoms with Crippen molar-refractivity contribution in [1.82, 2.24) is 19.7 Å². The van der Waals surface area contributed by atoms with Gasteiger partial charge in [-0.3, -0.25) is 9.48 Å². The summed E-state index contributed by atoms with van der Waals surface area (Å²) in [6, 6.07) is 3.38. The van der Waals surface area contributed by atoms with Gasteiger partial charge >= 0.3 is 0 Å². The van der Waals surface area contributed by atoms with Crippen LogP contribution in [0.2, 0.25) is 5.02 Å². The summed E-state index contributed by atoms with van der Waals surface area (Å²) in [6.07, 6.45) is 9.34. The van der Waals surface area contributed by atoms with Crippen molar-refractivity contribution in [3.8, 4) is 11.1 Å². The van der Waals surface area contributed by atoms with Crippen molar-refractivity contribution >= 4 is 29.0 Å². The lowest BCUT2D eigenvalue weighted by atomic mass is 9.80. The molecule has 1 saturated carbocycles. The van der Waals surface area contributed by atoms with Crippen LogP contribution in [0, 0.1) is 5.82 Å². The molecule has 0 radical (unpaired) electrons. The highest BCUT2D eigenvalue weighted by Gasteiger charge is 2.48. The van der Waals surface area contributed by atoms with E-state index in [1.165, 1.54) is 10.5 Å². The van der Waals surface area contributed by atoms with E-state index in [0.717, 1.165) is 43.6 Å². The molecule has 178 valence electrons. The fourth-order valence-corrected chi connectivity index (χ4v) is 5.79. The molecule has 0 bridgehead atoms. The summed E-state index contributed by atoms with van der Waals surface area (Å²) in [5.41, 5.74) is 8.51. The Morgan fingerprint density at radius 3 is 2.85 bits per heavy atom. The fraction of sp³-hybridized carbons (Fsp3) is 0.400. The van der Waals surface area contributed by atoms with E-state index >= 15 is 4.39 Å². The van der Waals surface area contributed by atoms with Crippen LogP contribution in [-0.2, 0) is 11.8 Å². The molecule has 7 nitrogen and oxygen atoms in total. The van der Waals surface area contributed by atoms with Crippen LogP contribution in [0.5, 0.6) is 0 Å². The van der Waals surface area contributed by atoms with Gasteiger partial charge < -0.3 is 16.0 Å². The maximum Gasteiger partial charge on any atom is 0.258 e. The van der Waals surface area contributed by atoms with Gasteiger partial charge in [0.15, 0.2) is 0 Å². The molecule has 9 heteroatoms. The van der Waals surface area contributed by atoms with E-state index in [1.807, 2.05) is 6.20 Å². The number of aromatic nitrogens is 3. The third kappa shape index (κ3) is 3.43. The first kappa shape index (κ1) is 22.7. The standard InChI is InChI=1S/C25H28ClFN6O/c1-4-14-10-31-33(12-14)15-7-8-25(9-15)13-30-23-20(25)21(26)17(11-29-23)16-5-6-18(28)19(22(16)27)24(34)32(2)3/h5-6,10-12,15H,4,7-9,13,28H2,1-3H3,(H,29,30)/t15-,25+/m1/s1. The molecule has 1 aliphatic heterocycles. The number of halogens is 2. The number of anilines is 2. The normalized spacial score (nSPS) is 21.0. The van der Waals surface area contributed by atoms with Crippen LogP contribution < -0.4 is 11.1 Å². The van der Waals surface area contributed by atoms with E-state index in [9.17, 15) is 4.79 Å². The van der Waals surface area contributed by atoms with Crippen LogP contribution in [0.4, 0.5) is 15.9 Å². The van der Waals surface area contributed by atoms with Crippen molar-refractivity contribution in [2.75, 3.05) is 31.7 Å².